The molecule has 2 saturated carbocycles. The molecule has 2 aliphatic carbocycles. The number of hydrogen-bond donors (Lipinski definition) is 2. The van der Waals surface area contributed by atoms with Crippen molar-refractivity contribution in [2.45, 2.75) is 51.1 Å². The molecule has 2 amide bonds. The van der Waals surface area contributed by atoms with E-state index in [2.05, 4.69) is 10.6 Å². The molecule has 5 heteroatoms. The van der Waals surface area contributed by atoms with Gasteiger partial charge >= 0.3 is 0 Å². The van der Waals surface area contributed by atoms with Gasteiger partial charge in [-0.05, 0) is 25.3 Å². The van der Waals surface area contributed by atoms with Crippen molar-refractivity contribution in [1.29, 1.82) is 0 Å². The summed E-state index contributed by atoms with van der Waals surface area (Å²) in [4.78, 5) is 24.5. The van der Waals surface area contributed by atoms with E-state index >= 15 is 0 Å². The van der Waals surface area contributed by atoms with Crippen molar-refractivity contribution in [3.05, 3.63) is 29.8 Å². The van der Waals surface area contributed by atoms with Gasteiger partial charge in [0.25, 0.3) is 0 Å². The van der Waals surface area contributed by atoms with E-state index in [1.165, 1.54) is 19.3 Å². The largest absolute Gasteiger partial charge is 0.496 e. The Hall–Kier alpha value is -2.04. The Morgan fingerprint density at radius 2 is 1.79 bits per heavy atom. The number of amides is 2. The van der Waals surface area contributed by atoms with Crippen LogP contribution in [0.1, 0.15) is 44.1 Å². The first kappa shape index (κ1) is 16.8. The quantitative estimate of drug-likeness (QED) is 0.841. The zero-order valence-electron chi connectivity index (χ0n) is 14.2. The van der Waals surface area contributed by atoms with Crippen LogP contribution in [0.15, 0.2) is 24.3 Å². The van der Waals surface area contributed by atoms with Crippen LogP contribution < -0.4 is 15.4 Å². The number of hydrogen-bond acceptors (Lipinski definition) is 3. The minimum atomic E-state index is -0.178. The number of ether oxygens (including phenoxy) is 1. The number of carbonyl (C=O) groups excluding carboxylic acids is 2. The molecule has 0 bridgehead atoms. The van der Waals surface area contributed by atoms with Crippen molar-refractivity contribution in [3.63, 3.8) is 0 Å². The molecule has 0 radical (unpaired) electrons. The highest BCUT2D eigenvalue weighted by molar-refractivity contribution is 5.92. The maximum absolute atomic E-state index is 12.3. The van der Waals surface area contributed by atoms with Gasteiger partial charge in [0, 0.05) is 18.2 Å². The molecule has 1 aromatic carbocycles. The second-order valence-electron chi connectivity index (χ2n) is 6.82. The first-order chi connectivity index (χ1) is 11.7. The van der Waals surface area contributed by atoms with E-state index in [0.717, 1.165) is 24.2 Å². The van der Waals surface area contributed by atoms with Crippen LogP contribution in [0.5, 0.6) is 5.75 Å². The number of rotatable bonds is 6. The van der Waals surface area contributed by atoms with E-state index in [0.29, 0.717) is 19.0 Å². The fraction of sp³-hybridized carbons (Fsp3) is 0.579. The van der Waals surface area contributed by atoms with E-state index in [4.69, 9.17) is 4.74 Å². The Morgan fingerprint density at radius 1 is 1.08 bits per heavy atom. The Balaban J connectivity index is 1.44. The molecule has 3 rings (SSSR count). The fourth-order valence-electron chi connectivity index (χ4n) is 3.49. The molecular formula is C19H26N2O3. The summed E-state index contributed by atoms with van der Waals surface area (Å²) in [6.45, 7) is 0.427. The van der Waals surface area contributed by atoms with E-state index in [1.54, 1.807) is 7.11 Å². The minimum absolute atomic E-state index is 0.0373. The van der Waals surface area contributed by atoms with Crippen molar-refractivity contribution in [2.75, 3.05) is 7.11 Å². The van der Waals surface area contributed by atoms with E-state index < -0.39 is 0 Å². The SMILES string of the molecule is COc1ccccc1CNC(=O)C1CC1C(=O)NC1CCCCC1. The first-order valence-electron chi connectivity index (χ1n) is 8.89. The Labute approximate surface area is 143 Å². The molecule has 2 fully saturated rings. The minimum Gasteiger partial charge on any atom is -0.496 e. The summed E-state index contributed by atoms with van der Waals surface area (Å²) in [5.74, 6) is 0.456. The predicted octanol–water partition coefficient (Wildman–Crippen LogP) is 2.40. The van der Waals surface area contributed by atoms with E-state index in [-0.39, 0.29) is 23.7 Å². The molecule has 0 heterocycles. The first-order valence-corrected chi connectivity index (χ1v) is 8.89. The molecule has 0 aliphatic heterocycles. The highest BCUT2D eigenvalue weighted by Crippen LogP contribution is 2.39. The molecule has 24 heavy (non-hydrogen) atoms. The van der Waals surface area contributed by atoms with Gasteiger partial charge in [0.2, 0.25) is 11.8 Å². The average molecular weight is 330 g/mol. The van der Waals surface area contributed by atoms with Crippen LogP contribution >= 0.6 is 0 Å². The van der Waals surface area contributed by atoms with Gasteiger partial charge in [0.05, 0.1) is 18.9 Å². The molecule has 2 atom stereocenters. The van der Waals surface area contributed by atoms with Gasteiger partial charge < -0.3 is 15.4 Å². The van der Waals surface area contributed by atoms with Crippen LogP contribution in [-0.4, -0.2) is 25.0 Å². The monoisotopic (exact) mass is 330 g/mol. The molecule has 2 unspecified atom stereocenters. The number of para-hydroxylation sites is 1. The van der Waals surface area contributed by atoms with Gasteiger partial charge in [-0.25, -0.2) is 0 Å². The molecule has 0 saturated heterocycles. The second kappa shape index (κ2) is 7.69. The van der Waals surface area contributed by atoms with Crippen molar-refractivity contribution >= 4 is 11.8 Å². The zero-order chi connectivity index (χ0) is 16.9. The highest BCUT2D eigenvalue weighted by atomic mass is 16.5. The topological polar surface area (TPSA) is 67.4 Å². The average Bonchev–Trinajstić information content (AvgIpc) is 3.42. The number of nitrogens with one attached hydrogen (secondary N) is 2. The van der Waals surface area contributed by atoms with Gasteiger partial charge in [-0.2, -0.15) is 0 Å². The summed E-state index contributed by atoms with van der Waals surface area (Å²) in [6.07, 6.45) is 6.46. The van der Waals surface area contributed by atoms with Crippen molar-refractivity contribution in [1.82, 2.24) is 10.6 Å². The lowest BCUT2D eigenvalue weighted by Crippen LogP contribution is -2.38. The molecule has 130 valence electrons. The van der Waals surface area contributed by atoms with Gasteiger partial charge in [-0.3, -0.25) is 9.59 Å². The Morgan fingerprint density at radius 3 is 2.54 bits per heavy atom. The molecule has 0 spiro atoms. The highest BCUT2D eigenvalue weighted by Gasteiger charge is 2.48. The van der Waals surface area contributed by atoms with Crippen molar-refractivity contribution in [3.8, 4) is 5.75 Å². The summed E-state index contributed by atoms with van der Waals surface area (Å²) in [5.41, 5.74) is 0.942. The maximum atomic E-state index is 12.3. The van der Waals surface area contributed by atoms with Crippen LogP contribution in [0.4, 0.5) is 0 Å². The number of methoxy groups -OCH3 is 1. The number of benzene rings is 1. The molecule has 2 N–H and O–H groups in total. The normalized spacial score (nSPS) is 23.4. The van der Waals surface area contributed by atoms with Crippen LogP contribution in [-0.2, 0) is 16.1 Å². The smallest absolute Gasteiger partial charge is 0.224 e. The zero-order valence-corrected chi connectivity index (χ0v) is 14.2. The summed E-state index contributed by atoms with van der Waals surface area (Å²) in [5, 5.41) is 6.04. The lowest BCUT2D eigenvalue weighted by molar-refractivity contribution is -0.127. The summed E-state index contributed by atoms with van der Waals surface area (Å²) < 4.78 is 5.28. The molecule has 2 aliphatic rings. The van der Waals surface area contributed by atoms with Crippen LogP contribution in [0.2, 0.25) is 0 Å². The Bertz CT molecular complexity index is 596. The Kier molecular flexibility index (Phi) is 5.38. The standard InChI is InChI=1S/C19H26N2O3/c1-24-17-10-6-5-7-13(17)12-20-18(22)15-11-16(15)19(23)21-14-8-3-2-4-9-14/h5-7,10,14-16H,2-4,8-9,11-12H2,1H3,(H,20,22)(H,21,23). The van der Waals surface area contributed by atoms with Gasteiger partial charge in [-0.15, -0.1) is 0 Å². The summed E-state index contributed by atoms with van der Waals surface area (Å²) in [7, 11) is 1.62. The maximum Gasteiger partial charge on any atom is 0.224 e. The molecule has 5 nitrogen and oxygen atoms in total. The second-order valence-corrected chi connectivity index (χ2v) is 6.82. The van der Waals surface area contributed by atoms with Crippen LogP contribution in [0.25, 0.3) is 0 Å². The third-order valence-corrected chi connectivity index (χ3v) is 5.06. The van der Waals surface area contributed by atoms with Crippen LogP contribution in [0.3, 0.4) is 0 Å². The van der Waals surface area contributed by atoms with E-state index in [9.17, 15) is 9.59 Å². The molecule has 1 aromatic rings. The van der Waals surface area contributed by atoms with Gasteiger partial charge in [-0.1, -0.05) is 37.5 Å². The van der Waals surface area contributed by atoms with Crippen LogP contribution in [0, 0.1) is 11.8 Å². The van der Waals surface area contributed by atoms with E-state index in [1.807, 2.05) is 24.3 Å². The van der Waals surface area contributed by atoms with Gasteiger partial charge in [0.1, 0.15) is 5.75 Å². The van der Waals surface area contributed by atoms with Crippen molar-refractivity contribution in [2.24, 2.45) is 11.8 Å². The van der Waals surface area contributed by atoms with Gasteiger partial charge in [0.15, 0.2) is 0 Å². The fourth-order valence-corrected chi connectivity index (χ4v) is 3.49. The van der Waals surface area contributed by atoms with Crippen molar-refractivity contribution < 1.29 is 14.3 Å². The third kappa shape index (κ3) is 4.08. The third-order valence-electron chi connectivity index (χ3n) is 5.06. The summed E-state index contributed by atoms with van der Waals surface area (Å²) in [6, 6.07) is 7.93. The summed E-state index contributed by atoms with van der Waals surface area (Å²) >= 11 is 0. The molecular weight excluding hydrogens is 304 g/mol. The lowest BCUT2D eigenvalue weighted by atomic mass is 9.95. The molecule has 0 aromatic heterocycles. The lowest BCUT2D eigenvalue weighted by Gasteiger charge is -2.22. The number of carbonyl (C=O) groups is 2. The predicted molar refractivity (Wildman–Crippen MR) is 91.5 cm³/mol.